The predicted octanol–water partition coefficient (Wildman–Crippen LogP) is 2.45. The Morgan fingerprint density at radius 2 is 2.00 bits per heavy atom. The summed E-state index contributed by atoms with van der Waals surface area (Å²) in [4.78, 5) is 15.1. The van der Waals surface area contributed by atoms with Crippen LogP contribution in [-0.2, 0) is 11.3 Å². The first kappa shape index (κ1) is 14.6. The SMILES string of the molecule is CC(C)(C)CCC(NCc1ccncc1)C(=O)O. The first-order valence-electron chi connectivity index (χ1n) is 6.23. The number of carbonyl (C=O) groups is 1. The largest absolute Gasteiger partial charge is 0.480 e. The van der Waals surface area contributed by atoms with Crippen molar-refractivity contribution in [3.8, 4) is 0 Å². The maximum Gasteiger partial charge on any atom is 0.320 e. The first-order chi connectivity index (χ1) is 8.38. The smallest absolute Gasteiger partial charge is 0.320 e. The monoisotopic (exact) mass is 250 g/mol. The molecule has 0 spiro atoms. The Bertz CT molecular complexity index is 371. The highest BCUT2D eigenvalue weighted by atomic mass is 16.4. The first-order valence-corrected chi connectivity index (χ1v) is 6.23. The molecule has 0 aliphatic rings. The lowest BCUT2D eigenvalue weighted by atomic mass is 9.88. The number of hydrogen-bond donors (Lipinski definition) is 2. The van der Waals surface area contributed by atoms with Gasteiger partial charge in [0.05, 0.1) is 0 Å². The molecule has 1 aromatic heterocycles. The zero-order valence-corrected chi connectivity index (χ0v) is 11.3. The fourth-order valence-corrected chi connectivity index (χ4v) is 1.63. The number of nitrogens with one attached hydrogen (secondary N) is 1. The minimum absolute atomic E-state index is 0.159. The molecule has 0 amide bonds. The molecule has 2 N–H and O–H groups in total. The van der Waals surface area contributed by atoms with Crippen LogP contribution in [0.5, 0.6) is 0 Å². The van der Waals surface area contributed by atoms with Crippen LogP contribution in [0.25, 0.3) is 0 Å². The van der Waals surface area contributed by atoms with Crippen molar-refractivity contribution in [2.24, 2.45) is 5.41 Å². The molecule has 4 heteroatoms. The number of aromatic nitrogens is 1. The number of aliphatic carboxylic acids is 1. The van der Waals surface area contributed by atoms with E-state index >= 15 is 0 Å². The number of nitrogens with zero attached hydrogens (tertiary/aromatic N) is 1. The maximum atomic E-state index is 11.2. The molecule has 1 aromatic rings. The van der Waals surface area contributed by atoms with Gasteiger partial charge in [-0.2, -0.15) is 0 Å². The Kier molecular flexibility index (Phi) is 5.28. The van der Waals surface area contributed by atoms with Crippen molar-refractivity contribution >= 4 is 5.97 Å². The van der Waals surface area contributed by atoms with Crippen LogP contribution in [0.4, 0.5) is 0 Å². The number of carboxylic acids is 1. The van der Waals surface area contributed by atoms with Crippen LogP contribution in [-0.4, -0.2) is 22.1 Å². The second-order valence-corrected chi connectivity index (χ2v) is 5.73. The molecule has 0 aliphatic carbocycles. The average Bonchev–Trinajstić information content (AvgIpc) is 2.28. The van der Waals surface area contributed by atoms with Crippen LogP contribution in [0.2, 0.25) is 0 Å². The maximum absolute atomic E-state index is 11.2. The van der Waals surface area contributed by atoms with Crippen LogP contribution in [0.1, 0.15) is 39.2 Å². The van der Waals surface area contributed by atoms with E-state index in [-0.39, 0.29) is 5.41 Å². The third-order valence-corrected chi connectivity index (χ3v) is 2.78. The molecule has 1 unspecified atom stereocenters. The van der Waals surface area contributed by atoms with Crippen molar-refractivity contribution in [1.82, 2.24) is 10.3 Å². The number of pyridine rings is 1. The van der Waals surface area contributed by atoms with Gasteiger partial charge in [0.1, 0.15) is 6.04 Å². The van der Waals surface area contributed by atoms with Gasteiger partial charge in [0.25, 0.3) is 0 Å². The highest BCUT2D eigenvalue weighted by Crippen LogP contribution is 2.21. The Hall–Kier alpha value is -1.42. The van der Waals surface area contributed by atoms with Gasteiger partial charge >= 0.3 is 5.97 Å². The zero-order valence-electron chi connectivity index (χ0n) is 11.3. The second kappa shape index (κ2) is 6.50. The lowest BCUT2D eigenvalue weighted by molar-refractivity contribution is -0.139. The molecule has 0 fully saturated rings. The molecule has 1 rings (SSSR count). The van der Waals surface area contributed by atoms with Crippen LogP contribution in [0.15, 0.2) is 24.5 Å². The summed E-state index contributed by atoms with van der Waals surface area (Å²) in [6.07, 6.45) is 4.95. The molecule has 0 saturated heterocycles. The van der Waals surface area contributed by atoms with E-state index in [0.717, 1.165) is 12.0 Å². The normalized spacial score (nSPS) is 13.3. The van der Waals surface area contributed by atoms with Gasteiger partial charge in [0.2, 0.25) is 0 Å². The summed E-state index contributed by atoms with van der Waals surface area (Å²) >= 11 is 0. The van der Waals surface area contributed by atoms with Gasteiger partial charge in [-0.05, 0) is 36.0 Å². The molecule has 100 valence electrons. The zero-order chi connectivity index (χ0) is 13.6. The van der Waals surface area contributed by atoms with E-state index in [1.54, 1.807) is 12.4 Å². The van der Waals surface area contributed by atoms with Gasteiger partial charge in [0.15, 0.2) is 0 Å². The van der Waals surface area contributed by atoms with Crippen LogP contribution >= 0.6 is 0 Å². The van der Waals surface area contributed by atoms with Gasteiger partial charge in [-0.25, -0.2) is 0 Å². The Morgan fingerprint density at radius 1 is 1.39 bits per heavy atom. The molecule has 1 atom stereocenters. The van der Waals surface area contributed by atoms with Crippen LogP contribution in [0.3, 0.4) is 0 Å². The van der Waals surface area contributed by atoms with Crippen molar-refractivity contribution in [2.45, 2.75) is 46.2 Å². The number of carboxylic acid groups (broad SMARTS) is 1. The van der Waals surface area contributed by atoms with Crippen molar-refractivity contribution in [3.63, 3.8) is 0 Å². The molecular weight excluding hydrogens is 228 g/mol. The molecule has 4 nitrogen and oxygen atoms in total. The second-order valence-electron chi connectivity index (χ2n) is 5.73. The molecule has 0 saturated carbocycles. The van der Waals surface area contributed by atoms with Crippen LogP contribution in [0, 0.1) is 5.41 Å². The fourth-order valence-electron chi connectivity index (χ4n) is 1.63. The Balaban J connectivity index is 2.46. The van der Waals surface area contributed by atoms with Gasteiger partial charge in [-0.15, -0.1) is 0 Å². The quantitative estimate of drug-likeness (QED) is 0.814. The Labute approximate surface area is 108 Å². The summed E-state index contributed by atoms with van der Waals surface area (Å²) in [5.41, 5.74) is 1.21. The van der Waals surface area contributed by atoms with Crippen LogP contribution < -0.4 is 5.32 Å². The van der Waals surface area contributed by atoms with E-state index in [1.165, 1.54) is 0 Å². The molecule has 0 bridgehead atoms. The van der Waals surface area contributed by atoms with Gasteiger partial charge < -0.3 is 10.4 Å². The van der Waals surface area contributed by atoms with Crippen molar-refractivity contribution < 1.29 is 9.90 Å². The Morgan fingerprint density at radius 3 is 2.50 bits per heavy atom. The molecule has 1 heterocycles. The van der Waals surface area contributed by atoms with Crippen molar-refractivity contribution in [2.75, 3.05) is 0 Å². The van der Waals surface area contributed by atoms with E-state index in [2.05, 4.69) is 31.1 Å². The topological polar surface area (TPSA) is 62.2 Å². The minimum atomic E-state index is -0.784. The third-order valence-electron chi connectivity index (χ3n) is 2.78. The van der Waals surface area contributed by atoms with Crippen molar-refractivity contribution in [1.29, 1.82) is 0 Å². The summed E-state index contributed by atoms with van der Waals surface area (Å²) in [6.45, 7) is 6.92. The van der Waals surface area contributed by atoms with Gasteiger partial charge in [0, 0.05) is 18.9 Å². The lowest BCUT2D eigenvalue weighted by Crippen LogP contribution is -2.37. The number of rotatable bonds is 6. The average molecular weight is 250 g/mol. The molecular formula is C14H22N2O2. The van der Waals surface area contributed by atoms with E-state index in [9.17, 15) is 9.90 Å². The van der Waals surface area contributed by atoms with Crippen molar-refractivity contribution in [3.05, 3.63) is 30.1 Å². The summed E-state index contributed by atoms with van der Waals surface area (Å²) in [7, 11) is 0. The standard InChI is InChI=1S/C14H22N2O2/c1-14(2,3)7-4-12(13(17)18)16-10-11-5-8-15-9-6-11/h5-6,8-9,12,16H,4,7,10H2,1-3H3,(H,17,18). The van der Waals surface area contributed by atoms with E-state index in [4.69, 9.17) is 0 Å². The molecule has 0 aliphatic heterocycles. The minimum Gasteiger partial charge on any atom is -0.480 e. The lowest BCUT2D eigenvalue weighted by Gasteiger charge is -2.21. The predicted molar refractivity (Wildman–Crippen MR) is 71.2 cm³/mol. The fraction of sp³-hybridized carbons (Fsp3) is 0.571. The summed E-state index contributed by atoms with van der Waals surface area (Å²) in [5.74, 6) is -0.784. The third kappa shape index (κ3) is 5.77. The van der Waals surface area contributed by atoms with E-state index < -0.39 is 12.0 Å². The molecule has 0 radical (unpaired) electrons. The van der Waals surface area contributed by atoms with Gasteiger partial charge in [-0.3, -0.25) is 9.78 Å². The summed E-state index contributed by atoms with van der Waals surface area (Å²) in [5, 5.41) is 12.3. The van der Waals surface area contributed by atoms with Gasteiger partial charge in [-0.1, -0.05) is 20.8 Å². The molecule has 18 heavy (non-hydrogen) atoms. The van der Waals surface area contributed by atoms with E-state index in [0.29, 0.717) is 13.0 Å². The molecule has 0 aromatic carbocycles. The van der Waals surface area contributed by atoms with E-state index in [1.807, 2.05) is 12.1 Å². The summed E-state index contributed by atoms with van der Waals surface area (Å²) < 4.78 is 0. The highest BCUT2D eigenvalue weighted by Gasteiger charge is 2.20. The number of hydrogen-bond acceptors (Lipinski definition) is 3. The highest BCUT2D eigenvalue weighted by molar-refractivity contribution is 5.73. The summed E-state index contributed by atoms with van der Waals surface area (Å²) in [6, 6.07) is 3.28.